The summed E-state index contributed by atoms with van der Waals surface area (Å²) in [5.41, 5.74) is -13.8. The van der Waals surface area contributed by atoms with Gasteiger partial charge in [-0.25, -0.2) is 105 Å². The number of esters is 14. The van der Waals surface area contributed by atoms with Crippen LogP contribution in [0.4, 0.5) is 0 Å². The third kappa shape index (κ3) is 61.0. The standard InChI is InChI=1S/2C10H20NO10P.2C9H16NO10P.C8H14NO10P.2C7H12NO10P/c2*1-11-21-22(14,15)20-10(7-19-18-4,5-8(12)16-2)6-9(13)17-3;2*1-16-6(11)4-9(8(13)18-3,5-7(12)17-2)19-21(14,15)20-10;1-16-5(10)3-8(7(12)13,4-6(11)17-2)18-20(14,15)19-9;2*1-16-5(11)3-7(6(12)13,2-4(9)10)17-19(14,15)18-8/h2*11H,5-7H2,1-4H3,(H,14,15);2*4-5,10H2,1-3H3,(H,14,15);3-4,9H2,1-2H3,(H,12,13)(H,14,15);2*2-3,8H2,1H3,(H,9,10)(H,12,13)(H,14,15)/p-7. The summed E-state index contributed by atoms with van der Waals surface area (Å²) >= 11 is 0. The van der Waals surface area contributed by atoms with E-state index in [1.54, 1.807) is 0 Å². The molecule has 0 aromatic carbocycles. The lowest BCUT2D eigenvalue weighted by molar-refractivity contribution is -0.305. The Hall–Kier alpha value is -9.74. The molecule has 9 atom stereocenters. The molecule has 0 radical (unpaired) electrons. The maximum atomic E-state index is 11.8. The number of ether oxygens (including phenoxy) is 14. The van der Waals surface area contributed by atoms with Crippen LogP contribution in [0.5, 0.6) is 0 Å². The highest BCUT2D eigenvalue weighted by molar-refractivity contribution is 7.47. The van der Waals surface area contributed by atoms with E-state index in [0.29, 0.717) is 0 Å². The van der Waals surface area contributed by atoms with E-state index >= 15 is 0 Å². The molecule has 0 saturated carbocycles. The van der Waals surface area contributed by atoms with Gasteiger partial charge in [0.25, 0.3) is 54.8 Å². The number of methoxy groups -OCH3 is 14. The maximum Gasteiger partial charge on any atom is 0.339 e. The van der Waals surface area contributed by atoms with Gasteiger partial charge >= 0.3 is 113 Å². The smallest absolute Gasteiger partial charge is 0.339 e. The van der Waals surface area contributed by atoms with E-state index in [2.05, 4.69) is 170 Å². The molecule has 9 unspecified atom stereocenters. The van der Waals surface area contributed by atoms with Crippen molar-refractivity contribution in [3.63, 3.8) is 0 Å². The van der Waals surface area contributed by atoms with Crippen molar-refractivity contribution in [3.05, 3.63) is 0 Å². The fraction of sp³-hybridized carbons (Fsp3) is 0.683. The van der Waals surface area contributed by atoms with Crippen LogP contribution in [0, 0.1) is 0 Å². The molecule has 0 aromatic rings. The normalized spacial score (nSPS) is 14.9. The fourth-order valence-electron chi connectivity index (χ4n) is 8.97. The highest BCUT2D eigenvalue weighted by atomic mass is 31.2. The predicted molar refractivity (Wildman–Crippen MR) is 424 cm³/mol. The summed E-state index contributed by atoms with van der Waals surface area (Å²) in [6.07, 6.45) is -13.4. The molecule has 840 valence electrons. The molecule has 0 aliphatic rings. The van der Waals surface area contributed by atoms with Gasteiger partial charge in [-0.05, 0) is 0 Å². The lowest BCUT2D eigenvalue weighted by Gasteiger charge is -2.36. The zero-order valence-corrected chi connectivity index (χ0v) is 84.4. The second kappa shape index (κ2) is 71.0. The first-order valence-corrected chi connectivity index (χ1v) is 46.5. The number of nitrogens with one attached hydrogen (secondary N) is 2. The average Bonchev–Trinajstić information content (AvgIpc) is 0.797. The van der Waals surface area contributed by atoms with Gasteiger partial charge in [-0.15, -0.1) is 0 Å². The van der Waals surface area contributed by atoms with E-state index in [9.17, 15) is 157 Å². The molecule has 0 aliphatic heterocycles. The van der Waals surface area contributed by atoms with Gasteiger partial charge in [0.2, 0.25) is 0 Å². The van der Waals surface area contributed by atoms with Crippen molar-refractivity contribution in [2.45, 2.75) is 129 Å². The molecule has 0 saturated heterocycles. The number of aliphatic carboxylic acids is 5. The van der Waals surface area contributed by atoms with Crippen molar-refractivity contribution < 1.29 is 333 Å². The van der Waals surface area contributed by atoms with Crippen LogP contribution in [0.15, 0.2) is 0 Å². The molecule has 0 heterocycles. The topological polar surface area (TPSA) is 1160 Å². The summed E-state index contributed by atoms with van der Waals surface area (Å²) in [4.78, 5) is 311. The van der Waals surface area contributed by atoms with Crippen LogP contribution in [0.3, 0.4) is 0 Å². The molecule has 0 rings (SSSR count). The Morgan fingerprint density at radius 3 is 0.521 bits per heavy atom. The van der Waals surface area contributed by atoms with Crippen molar-refractivity contribution in [1.82, 2.24) is 11.0 Å². The van der Waals surface area contributed by atoms with Gasteiger partial charge in [-0.3, -0.25) is 122 Å². The van der Waals surface area contributed by atoms with Crippen LogP contribution < -0.4 is 74.7 Å². The predicted octanol–water partition coefficient (Wildman–Crippen LogP) is -10.3. The lowest BCUT2D eigenvalue weighted by Crippen LogP contribution is -2.47. The Bertz CT molecular complexity index is 4230. The van der Waals surface area contributed by atoms with E-state index in [0.717, 1.165) is 114 Å². The minimum atomic E-state index is -5.30. The van der Waals surface area contributed by atoms with Gasteiger partial charge in [0.05, 0.1) is 204 Å². The molecule has 77 nitrogen and oxygen atoms in total. The first-order valence-electron chi connectivity index (χ1n) is 36.3. The number of carboxylic acid groups (broad SMARTS) is 5. The summed E-state index contributed by atoms with van der Waals surface area (Å²) in [5, 5.41) is 44.1. The number of hydroxylamine groups is 2. The molecule has 0 aromatic heterocycles. The Labute approximate surface area is 809 Å². The number of carboxylic acids is 5. The molecule has 0 spiro atoms. The SMILES string of the molecule is CNOP(=O)([O-])OC(COOC)(CC(=O)OC)CC(=O)OC.CNOP(=O)([O-])OC(COOC)(CC(=O)OC)CC(=O)OC.COC(=O)CC(CC(=O)O)(OP(=O)([O-])ON)C(=O)O.COC(=O)CC(CC(=O)O)(OP(=O)([O-])ON)C(=O)O.COC(=O)CC(CC(=O)OC)(OP(=O)([O-])ON)C(=O)O.COC(=O)CC(CC(=O)OC)(OP(=O)([O-])ON)C(=O)OC.COC(=O)CC(CC(=O)OC)(OP(=O)([O-])ON)C(=O)OC. The number of hydrogen-bond acceptors (Lipinski definition) is 72. The second-order valence-corrected chi connectivity index (χ2v) is 34.1. The van der Waals surface area contributed by atoms with Crippen LogP contribution in [0.25, 0.3) is 0 Å². The highest BCUT2D eigenvalue weighted by Gasteiger charge is 2.54. The van der Waals surface area contributed by atoms with Crippen molar-refractivity contribution >= 4 is 168 Å². The first kappa shape index (κ1) is 147. The van der Waals surface area contributed by atoms with E-state index in [-0.39, 0.29) is 0 Å². The van der Waals surface area contributed by atoms with Crippen molar-refractivity contribution in [2.75, 3.05) is 141 Å². The van der Waals surface area contributed by atoms with Crippen molar-refractivity contribution in [2.24, 2.45) is 29.5 Å². The minimum absolute atomic E-state index is 0.576. The molecular weight excluding hydrogens is 2160 g/mol. The van der Waals surface area contributed by atoms with Gasteiger partial charge in [-0.2, -0.15) is 11.0 Å². The number of carbonyl (C=O) groups excluding carboxylic acids is 14. The summed E-state index contributed by atoms with van der Waals surface area (Å²) in [6.45, 7) is -1.15. The Morgan fingerprint density at radius 2 is 0.389 bits per heavy atom. The highest BCUT2D eigenvalue weighted by Crippen LogP contribution is 2.51. The maximum absolute atomic E-state index is 11.8. The summed E-state index contributed by atoms with van der Waals surface area (Å²) < 4.78 is 197. The average molecular weight is 2260 g/mol. The Balaban J connectivity index is -0.000000304. The van der Waals surface area contributed by atoms with Crippen LogP contribution in [-0.4, -0.2) is 319 Å². The van der Waals surface area contributed by atoms with E-state index in [4.69, 9.17) is 34.6 Å². The second-order valence-electron chi connectivity index (χ2n) is 25.2. The zero-order chi connectivity index (χ0) is 114. The van der Waals surface area contributed by atoms with Crippen molar-refractivity contribution in [3.8, 4) is 0 Å². The first-order chi connectivity index (χ1) is 66.1. The van der Waals surface area contributed by atoms with Crippen LogP contribution >= 0.6 is 54.8 Å². The van der Waals surface area contributed by atoms with Gasteiger partial charge in [0.1, 0.15) is 24.4 Å². The molecule has 17 N–H and O–H groups in total. The molecule has 0 aliphatic carbocycles. The third-order valence-corrected chi connectivity index (χ3v) is 21.4. The van der Waals surface area contributed by atoms with E-state index in [1.165, 1.54) is 14.1 Å². The number of hydrogen-bond donors (Lipinski definition) is 12. The molecule has 0 fully saturated rings. The number of carbonyl (C=O) groups is 19. The minimum Gasteiger partial charge on any atom is -0.755 e. The largest absolute Gasteiger partial charge is 0.755 e. The number of rotatable bonds is 62. The number of phosphoric acid groups is 7. The van der Waals surface area contributed by atoms with Gasteiger partial charge in [0, 0.05) is 14.1 Å². The number of phosphoric ester groups is 7. The molecule has 0 bridgehead atoms. The monoisotopic (exact) mass is 2260 g/mol. The Morgan fingerprint density at radius 1 is 0.236 bits per heavy atom. The van der Waals surface area contributed by atoms with Crippen LogP contribution in [0.1, 0.15) is 89.9 Å². The van der Waals surface area contributed by atoms with Gasteiger partial charge in [-0.1, -0.05) is 0 Å². The third-order valence-electron chi connectivity index (χ3n) is 15.2. The molecular formula is C60H103N7O70P7-7. The van der Waals surface area contributed by atoms with Crippen LogP contribution in [-0.2, 0) is 273 Å². The molecule has 0 amide bonds. The molecule has 84 heteroatoms. The van der Waals surface area contributed by atoms with Gasteiger partial charge < -0.3 is 135 Å². The van der Waals surface area contributed by atoms with Crippen molar-refractivity contribution in [1.29, 1.82) is 0 Å². The summed E-state index contributed by atoms with van der Waals surface area (Å²) in [6, 6.07) is 0. The van der Waals surface area contributed by atoms with Crippen LogP contribution in [0.2, 0.25) is 0 Å². The van der Waals surface area contributed by atoms with E-state index < -0.39 is 310 Å². The lowest BCUT2D eigenvalue weighted by atomic mass is 9.95. The summed E-state index contributed by atoms with van der Waals surface area (Å²) in [7, 11) is -17.6. The Kier molecular flexibility index (Phi) is 72.5. The quantitative estimate of drug-likeness (QED) is 0.00884. The molecule has 144 heavy (non-hydrogen) atoms. The van der Waals surface area contributed by atoms with Gasteiger partial charge in [0.15, 0.2) is 28.0 Å². The zero-order valence-electron chi connectivity index (χ0n) is 78.1. The van der Waals surface area contributed by atoms with E-state index in [1.807, 2.05) is 11.0 Å². The fourth-order valence-corrected chi connectivity index (χ4v) is 14.2. The summed E-state index contributed by atoms with van der Waals surface area (Å²) in [5.74, 6) is -2.08. The number of nitrogens with two attached hydrogens (primary N) is 5.